The number of carbonyl (C=O) groups is 3. The van der Waals surface area contributed by atoms with Crippen molar-refractivity contribution in [3.05, 3.63) is 33.8 Å². The molecule has 1 rings (SSSR count). The van der Waals surface area contributed by atoms with Crippen LogP contribution in [-0.2, 0) is 19.1 Å². The van der Waals surface area contributed by atoms with Crippen molar-refractivity contribution in [2.45, 2.75) is 0 Å². The molecule has 0 bridgehead atoms. The maximum Gasteiger partial charge on any atom is 0.325 e. The molecule has 0 N–H and O–H groups in total. The van der Waals surface area contributed by atoms with Crippen LogP contribution in [0.15, 0.2) is 18.2 Å². The number of halogens is 2. The van der Waals surface area contributed by atoms with Gasteiger partial charge in [0.15, 0.2) is 0 Å². The third kappa shape index (κ3) is 4.61. The third-order valence-electron chi connectivity index (χ3n) is 2.56. The summed E-state index contributed by atoms with van der Waals surface area (Å²) in [5, 5.41) is 0.238. The number of hydrogen-bond donors (Lipinski definition) is 0. The summed E-state index contributed by atoms with van der Waals surface area (Å²) in [5.74, 6) is -1.98. The second-order valence-electron chi connectivity index (χ2n) is 3.91. The molecule has 0 atom stereocenters. The van der Waals surface area contributed by atoms with E-state index >= 15 is 0 Å². The first-order chi connectivity index (χ1) is 9.90. The number of esters is 2. The molecule has 0 aliphatic rings. The van der Waals surface area contributed by atoms with Gasteiger partial charge >= 0.3 is 11.9 Å². The van der Waals surface area contributed by atoms with E-state index in [1.165, 1.54) is 32.4 Å². The van der Waals surface area contributed by atoms with Crippen LogP contribution in [-0.4, -0.2) is 50.1 Å². The van der Waals surface area contributed by atoms with Gasteiger partial charge in [0.05, 0.1) is 29.8 Å². The first-order valence-corrected chi connectivity index (χ1v) is 6.53. The predicted octanol–water partition coefficient (Wildman–Crippen LogP) is 1.78. The number of benzene rings is 1. The topological polar surface area (TPSA) is 72.9 Å². The van der Waals surface area contributed by atoms with Gasteiger partial charge in [0.1, 0.15) is 13.1 Å². The average Bonchev–Trinajstić information content (AvgIpc) is 2.48. The first-order valence-electron chi connectivity index (χ1n) is 5.77. The monoisotopic (exact) mass is 333 g/mol. The standard InChI is InChI=1S/C13H13Cl2NO5/c1-20-10(17)6-16(7-11(18)21-2)13(19)8-4-3-5-9(14)12(8)15/h3-5H,6-7H2,1-2H3. The van der Waals surface area contributed by atoms with Crippen molar-refractivity contribution in [1.29, 1.82) is 0 Å². The highest BCUT2D eigenvalue weighted by atomic mass is 35.5. The molecule has 0 aromatic heterocycles. The molecule has 0 saturated carbocycles. The van der Waals surface area contributed by atoms with Crippen LogP contribution in [0.2, 0.25) is 10.0 Å². The summed E-state index contributed by atoms with van der Waals surface area (Å²) in [7, 11) is 2.35. The Morgan fingerprint density at radius 2 is 1.57 bits per heavy atom. The molecule has 6 nitrogen and oxygen atoms in total. The molecule has 0 aliphatic carbocycles. The van der Waals surface area contributed by atoms with Gasteiger partial charge < -0.3 is 14.4 Å². The van der Waals surface area contributed by atoms with Crippen molar-refractivity contribution in [3.8, 4) is 0 Å². The highest BCUT2D eigenvalue weighted by Crippen LogP contribution is 2.26. The van der Waals surface area contributed by atoms with Gasteiger partial charge in [0.2, 0.25) is 0 Å². The molecular formula is C13H13Cl2NO5. The molecule has 8 heteroatoms. The third-order valence-corrected chi connectivity index (χ3v) is 3.38. The molecule has 0 radical (unpaired) electrons. The zero-order chi connectivity index (χ0) is 16.0. The van der Waals surface area contributed by atoms with Crippen LogP contribution >= 0.6 is 23.2 Å². The Labute approximate surface area is 131 Å². The Morgan fingerprint density at radius 3 is 2.05 bits per heavy atom. The Morgan fingerprint density at radius 1 is 1.05 bits per heavy atom. The number of carbonyl (C=O) groups excluding carboxylic acids is 3. The van der Waals surface area contributed by atoms with Gasteiger partial charge in [-0.15, -0.1) is 0 Å². The molecule has 1 amide bonds. The summed E-state index contributed by atoms with van der Waals surface area (Å²) in [6.45, 7) is -0.819. The van der Waals surface area contributed by atoms with E-state index in [0.29, 0.717) is 0 Å². The van der Waals surface area contributed by atoms with Crippen LogP contribution in [0.25, 0.3) is 0 Å². The highest BCUT2D eigenvalue weighted by molar-refractivity contribution is 6.43. The minimum atomic E-state index is -0.676. The van der Waals surface area contributed by atoms with E-state index < -0.39 is 30.9 Å². The second-order valence-corrected chi connectivity index (χ2v) is 4.70. The molecule has 1 aromatic rings. The fourth-order valence-corrected chi connectivity index (χ4v) is 1.86. The van der Waals surface area contributed by atoms with Crippen molar-refractivity contribution in [2.24, 2.45) is 0 Å². The summed E-state index contributed by atoms with van der Waals surface area (Å²) in [6, 6.07) is 4.50. The van der Waals surface area contributed by atoms with Crippen LogP contribution in [0.4, 0.5) is 0 Å². The summed E-state index contributed by atoms with van der Waals surface area (Å²) in [4.78, 5) is 36.1. The average molecular weight is 334 g/mol. The van der Waals surface area contributed by atoms with Crippen molar-refractivity contribution in [1.82, 2.24) is 4.90 Å². The van der Waals surface area contributed by atoms with Gasteiger partial charge in [-0.05, 0) is 12.1 Å². The molecule has 0 fully saturated rings. The largest absolute Gasteiger partial charge is 0.468 e. The van der Waals surface area contributed by atoms with Crippen molar-refractivity contribution in [3.63, 3.8) is 0 Å². The summed E-state index contributed by atoms with van der Waals surface area (Å²) >= 11 is 11.8. The first kappa shape index (κ1) is 17.3. The molecule has 114 valence electrons. The van der Waals surface area contributed by atoms with Gasteiger partial charge in [0, 0.05) is 0 Å². The minimum Gasteiger partial charge on any atom is -0.468 e. The lowest BCUT2D eigenvalue weighted by Gasteiger charge is -2.20. The number of nitrogens with zero attached hydrogens (tertiary/aromatic N) is 1. The summed E-state index contributed by atoms with van der Waals surface area (Å²) < 4.78 is 8.98. The van der Waals surface area contributed by atoms with Crippen LogP contribution in [0.1, 0.15) is 10.4 Å². The SMILES string of the molecule is COC(=O)CN(CC(=O)OC)C(=O)c1cccc(Cl)c1Cl. The Balaban J connectivity index is 3.06. The Kier molecular flexibility index (Phi) is 6.45. The Hall–Kier alpha value is -1.79. The number of ether oxygens (including phenoxy) is 2. The van der Waals surface area contributed by atoms with E-state index in [1.54, 1.807) is 0 Å². The molecule has 0 unspecified atom stereocenters. The molecule has 0 aliphatic heterocycles. The molecule has 0 spiro atoms. The van der Waals surface area contributed by atoms with Gasteiger partial charge in [-0.1, -0.05) is 29.3 Å². The maximum absolute atomic E-state index is 12.4. The lowest BCUT2D eigenvalue weighted by atomic mass is 10.2. The number of amides is 1. The molecular weight excluding hydrogens is 321 g/mol. The van der Waals surface area contributed by atoms with Crippen LogP contribution in [0.5, 0.6) is 0 Å². The predicted molar refractivity (Wildman–Crippen MR) is 76.4 cm³/mol. The quantitative estimate of drug-likeness (QED) is 0.768. The lowest BCUT2D eigenvalue weighted by molar-refractivity contribution is -0.144. The van der Waals surface area contributed by atoms with E-state index in [0.717, 1.165) is 4.90 Å². The maximum atomic E-state index is 12.4. The van der Waals surface area contributed by atoms with E-state index in [9.17, 15) is 14.4 Å². The zero-order valence-corrected chi connectivity index (χ0v) is 12.9. The van der Waals surface area contributed by atoms with Gasteiger partial charge in [-0.3, -0.25) is 14.4 Å². The number of rotatable bonds is 5. The highest BCUT2D eigenvalue weighted by Gasteiger charge is 2.24. The van der Waals surface area contributed by atoms with Gasteiger partial charge in [-0.2, -0.15) is 0 Å². The van der Waals surface area contributed by atoms with Gasteiger partial charge in [-0.25, -0.2) is 0 Å². The van der Waals surface area contributed by atoms with E-state index in [4.69, 9.17) is 23.2 Å². The van der Waals surface area contributed by atoms with Crippen LogP contribution < -0.4 is 0 Å². The zero-order valence-electron chi connectivity index (χ0n) is 11.4. The molecule has 0 saturated heterocycles. The molecule has 0 heterocycles. The van der Waals surface area contributed by atoms with Crippen molar-refractivity contribution in [2.75, 3.05) is 27.3 Å². The fourth-order valence-electron chi connectivity index (χ4n) is 1.48. The van der Waals surface area contributed by atoms with Crippen LogP contribution in [0, 0.1) is 0 Å². The molecule has 21 heavy (non-hydrogen) atoms. The summed E-state index contributed by atoms with van der Waals surface area (Å²) in [6.07, 6.45) is 0. The van der Waals surface area contributed by atoms with Crippen molar-refractivity contribution >= 4 is 41.0 Å². The number of methoxy groups -OCH3 is 2. The normalized spacial score (nSPS) is 9.90. The van der Waals surface area contributed by atoms with E-state index in [1.807, 2.05) is 0 Å². The summed E-state index contributed by atoms with van der Waals surface area (Å²) in [5.41, 5.74) is 0.0805. The van der Waals surface area contributed by atoms with Crippen molar-refractivity contribution < 1.29 is 23.9 Å². The van der Waals surface area contributed by atoms with E-state index in [2.05, 4.69) is 9.47 Å². The second kappa shape index (κ2) is 7.85. The van der Waals surface area contributed by atoms with E-state index in [-0.39, 0.29) is 15.6 Å². The van der Waals surface area contributed by atoms with Crippen LogP contribution in [0.3, 0.4) is 0 Å². The van der Waals surface area contributed by atoms with Gasteiger partial charge in [0.25, 0.3) is 5.91 Å². The minimum absolute atomic E-state index is 0.0453. The Bertz CT molecular complexity index is 543. The smallest absolute Gasteiger partial charge is 0.325 e. The fraction of sp³-hybridized carbons (Fsp3) is 0.308. The molecule has 1 aromatic carbocycles. The lowest BCUT2D eigenvalue weighted by Crippen LogP contribution is -2.40. The number of hydrogen-bond acceptors (Lipinski definition) is 5.